The molecule has 0 radical (unpaired) electrons. The first-order chi connectivity index (χ1) is 27.3. The second-order valence-corrected chi connectivity index (χ2v) is 13.4. The third kappa shape index (κ3) is 6.80. The minimum absolute atomic E-state index is 0.0850. The number of nitrogens with two attached hydrogens (primary N) is 1. The number of benzene rings is 5. The molecule has 2 aliphatic rings. The molecule has 2 atom stereocenters. The Morgan fingerprint density at radius 2 is 1.05 bits per heavy atom. The van der Waals surface area contributed by atoms with E-state index < -0.39 is 0 Å². The first kappa shape index (κ1) is 35.4. The molecule has 2 unspecified atom stereocenters. The number of aromatic nitrogens is 4. The van der Waals surface area contributed by atoms with E-state index in [9.17, 15) is 14.4 Å². The minimum Gasteiger partial charge on any atom is -0.399 e. The third-order valence-electron chi connectivity index (χ3n) is 9.96. The summed E-state index contributed by atoms with van der Waals surface area (Å²) in [6.07, 6.45) is 2.83. The monoisotopic (exact) mass is 742 g/mol. The second-order valence-electron chi connectivity index (χ2n) is 13.4. The molecule has 0 fully saturated rings. The number of anilines is 4. The maximum Gasteiger partial charge on any atom is 0.255 e. The first-order valence-corrected chi connectivity index (χ1v) is 17.9. The van der Waals surface area contributed by atoms with Crippen molar-refractivity contribution in [2.24, 2.45) is 0 Å². The minimum atomic E-state index is -0.358. The van der Waals surface area contributed by atoms with Gasteiger partial charge in [0.05, 0.1) is 46.3 Å². The van der Waals surface area contributed by atoms with Crippen LogP contribution in [0.5, 0.6) is 0 Å². The molecular formula is C43H38N10O3. The standard InChI is InChI=1S/C25H21N5O2.C18H17N5O/c1-30-21-10-6-5-9-19(21)25(32)28-23(30)20-15-26-29-22(20)16-11-13-18(14-12-16)27-24(31)17-7-3-2-4-8-17;1-23-15-5-3-2-4-13(15)18(24)21-17(23)14-10-20-22-16(14)11-6-8-12(19)9-7-11/h2-15,23H,1H3,(H,26,29)(H,27,31)(H,28,32);2-10,17H,19H2,1H3,(H,20,22)(H,21,24). The Morgan fingerprint density at radius 3 is 1.55 bits per heavy atom. The van der Waals surface area contributed by atoms with Gasteiger partial charge in [-0.15, -0.1) is 0 Å². The fourth-order valence-electron chi connectivity index (χ4n) is 7.03. The highest BCUT2D eigenvalue weighted by atomic mass is 16.2. The highest BCUT2D eigenvalue weighted by Crippen LogP contribution is 2.37. The molecule has 0 spiro atoms. The summed E-state index contributed by atoms with van der Waals surface area (Å²) in [5, 5.41) is 23.5. The molecule has 4 heterocycles. The zero-order valence-electron chi connectivity index (χ0n) is 30.5. The number of hydrogen-bond acceptors (Lipinski definition) is 8. The lowest BCUT2D eigenvalue weighted by Gasteiger charge is -2.36. The summed E-state index contributed by atoms with van der Waals surface area (Å²) in [6, 6.07) is 39.3. The summed E-state index contributed by atoms with van der Waals surface area (Å²) in [7, 11) is 3.91. The Hall–Kier alpha value is -7.67. The van der Waals surface area contributed by atoms with Gasteiger partial charge in [-0.3, -0.25) is 24.6 Å². The van der Waals surface area contributed by atoms with Crippen molar-refractivity contribution < 1.29 is 14.4 Å². The van der Waals surface area contributed by atoms with Crippen LogP contribution < -0.4 is 31.5 Å². The van der Waals surface area contributed by atoms with Crippen molar-refractivity contribution >= 4 is 40.5 Å². The van der Waals surface area contributed by atoms with Crippen LogP contribution in [-0.4, -0.2) is 52.2 Å². The van der Waals surface area contributed by atoms with E-state index >= 15 is 0 Å². The van der Waals surface area contributed by atoms with E-state index in [2.05, 4.69) is 36.3 Å². The van der Waals surface area contributed by atoms with Crippen LogP contribution in [0, 0.1) is 0 Å². The van der Waals surface area contributed by atoms with Gasteiger partial charge in [-0.05, 0) is 60.7 Å². The van der Waals surface area contributed by atoms with Crippen molar-refractivity contribution in [1.82, 2.24) is 31.0 Å². The van der Waals surface area contributed by atoms with E-state index in [4.69, 9.17) is 5.73 Å². The molecule has 2 aliphatic heterocycles. The maximum atomic E-state index is 12.6. The topological polar surface area (TPSA) is 177 Å². The molecule has 7 aromatic rings. The lowest BCUT2D eigenvalue weighted by molar-refractivity contribution is 0.0920. The molecule has 9 rings (SSSR count). The average Bonchev–Trinajstić information content (AvgIpc) is 3.93. The number of hydrogen-bond donors (Lipinski definition) is 6. The van der Waals surface area contributed by atoms with E-state index in [1.165, 1.54) is 0 Å². The summed E-state index contributed by atoms with van der Waals surface area (Å²) < 4.78 is 0. The molecule has 0 saturated heterocycles. The number of H-pyrrole nitrogens is 2. The Bertz CT molecular complexity index is 2530. The van der Waals surface area contributed by atoms with Crippen LogP contribution in [0.1, 0.15) is 54.5 Å². The number of nitrogen functional groups attached to an aromatic ring is 1. The van der Waals surface area contributed by atoms with Crippen molar-refractivity contribution in [3.63, 3.8) is 0 Å². The van der Waals surface area contributed by atoms with Crippen LogP contribution in [-0.2, 0) is 0 Å². The largest absolute Gasteiger partial charge is 0.399 e. The number of rotatable bonds is 6. The smallest absolute Gasteiger partial charge is 0.255 e. The van der Waals surface area contributed by atoms with Crippen LogP contribution in [0.2, 0.25) is 0 Å². The summed E-state index contributed by atoms with van der Waals surface area (Å²) in [6.45, 7) is 0. The molecule has 5 aromatic carbocycles. The summed E-state index contributed by atoms with van der Waals surface area (Å²) >= 11 is 0. The molecule has 7 N–H and O–H groups in total. The fraction of sp³-hybridized carbons (Fsp3) is 0.0930. The predicted molar refractivity (Wildman–Crippen MR) is 217 cm³/mol. The van der Waals surface area contributed by atoms with Crippen LogP contribution in [0.25, 0.3) is 22.5 Å². The third-order valence-corrected chi connectivity index (χ3v) is 9.96. The molecule has 13 heteroatoms. The van der Waals surface area contributed by atoms with Gasteiger partial charge in [0, 0.05) is 53.3 Å². The number of carbonyl (C=O) groups is 3. The zero-order valence-corrected chi connectivity index (χ0v) is 30.5. The molecular weight excluding hydrogens is 705 g/mol. The van der Waals surface area contributed by atoms with Crippen molar-refractivity contribution in [3.8, 4) is 22.5 Å². The molecule has 0 bridgehead atoms. The summed E-state index contributed by atoms with van der Waals surface area (Å²) in [5.41, 5.74) is 16.2. The first-order valence-electron chi connectivity index (χ1n) is 17.9. The van der Waals surface area contributed by atoms with E-state index in [-0.39, 0.29) is 30.1 Å². The quantitative estimate of drug-likeness (QED) is 0.101. The Kier molecular flexibility index (Phi) is 9.47. The fourth-order valence-corrected chi connectivity index (χ4v) is 7.03. The van der Waals surface area contributed by atoms with E-state index in [0.29, 0.717) is 28.1 Å². The normalized spacial score (nSPS) is 15.8. The molecule has 56 heavy (non-hydrogen) atoms. The van der Waals surface area contributed by atoms with Gasteiger partial charge in [0.2, 0.25) is 0 Å². The van der Waals surface area contributed by atoms with Gasteiger partial charge in [0.25, 0.3) is 17.7 Å². The van der Waals surface area contributed by atoms with E-state index in [1.54, 1.807) is 24.5 Å². The van der Waals surface area contributed by atoms with Gasteiger partial charge in [-0.2, -0.15) is 10.2 Å². The predicted octanol–water partition coefficient (Wildman–Crippen LogP) is 6.74. The van der Waals surface area contributed by atoms with Crippen molar-refractivity contribution in [2.75, 3.05) is 34.9 Å². The van der Waals surface area contributed by atoms with E-state index in [1.807, 2.05) is 139 Å². The van der Waals surface area contributed by atoms with Crippen LogP contribution >= 0.6 is 0 Å². The number of para-hydroxylation sites is 2. The Balaban J connectivity index is 0.000000164. The number of fused-ring (bicyclic) bond motifs is 2. The lowest BCUT2D eigenvalue weighted by Crippen LogP contribution is -2.44. The molecule has 0 aliphatic carbocycles. The van der Waals surface area contributed by atoms with Gasteiger partial charge in [0.15, 0.2) is 0 Å². The Morgan fingerprint density at radius 1 is 0.607 bits per heavy atom. The van der Waals surface area contributed by atoms with Gasteiger partial charge in [-0.25, -0.2) is 0 Å². The van der Waals surface area contributed by atoms with Gasteiger partial charge >= 0.3 is 0 Å². The molecule has 3 amide bonds. The molecule has 278 valence electrons. The Labute approximate surface area is 322 Å². The highest BCUT2D eigenvalue weighted by Gasteiger charge is 2.33. The lowest BCUT2D eigenvalue weighted by atomic mass is 10.0. The maximum absolute atomic E-state index is 12.6. The van der Waals surface area contributed by atoms with Gasteiger partial charge < -0.3 is 31.5 Å². The van der Waals surface area contributed by atoms with Crippen LogP contribution in [0.4, 0.5) is 22.7 Å². The SMILES string of the molecule is CN1c2ccccc2C(=O)NC1c1cn[nH]c1-c1ccc(N)cc1.CN1c2ccccc2C(=O)NC1c1cn[nH]c1-c1ccc(NC(=O)c2ccccc2)cc1. The molecule has 13 nitrogen and oxygen atoms in total. The molecule has 2 aromatic heterocycles. The van der Waals surface area contributed by atoms with Gasteiger partial charge in [0.1, 0.15) is 12.3 Å². The summed E-state index contributed by atoms with van der Waals surface area (Å²) in [5.74, 6) is -0.362. The van der Waals surface area contributed by atoms with Crippen molar-refractivity contribution in [1.29, 1.82) is 0 Å². The van der Waals surface area contributed by atoms with Crippen molar-refractivity contribution in [2.45, 2.75) is 12.3 Å². The van der Waals surface area contributed by atoms with Crippen molar-refractivity contribution in [3.05, 3.63) is 168 Å². The average molecular weight is 743 g/mol. The second kappa shape index (κ2) is 15.0. The van der Waals surface area contributed by atoms with Crippen LogP contribution in [0.3, 0.4) is 0 Å². The summed E-state index contributed by atoms with van der Waals surface area (Å²) in [4.78, 5) is 41.5. The van der Waals surface area contributed by atoms with Gasteiger partial charge in [-0.1, -0.05) is 66.7 Å². The highest BCUT2D eigenvalue weighted by molar-refractivity contribution is 6.04. The number of nitrogens with one attached hydrogen (secondary N) is 5. The molecule has 0 saturated carbocycles. The van der Waals surface area contributed by atoms with Crippen LogP contribution in [0.15, 0.2) is 140 Å². The number of nitrogens with zero attached hydrogens (tertiary/aromatic N) is 4. The number of amides is 3. The number of carbonyl (C=O) groups excluding carboxylic acids is 3. The zero-order chi connectivity index (χ0) is 38.8. The van der Waals surface area contributed by atoms with E-state index in [0.717, 1.165) is 45.0 Å². The number of aromatic amines is 2.